The van der Waals surface area contributed by atoms with Crippen LogP contribution < -0.4 is 5.32 Å². The molecule has 0 radical (unpaired) electrons. The summed E-state index contributed by atoms with van der Waals surface area (Å²) in [6.07, 6.45) is 1.73. The van der Waals surface area contributed by atoms with Crippen molar-refractivity contribution in [2.24, 2.45) is 0 Å². The molecule has 3 nitrogen and oxygen atoms in total. The van der Waals surface area contributed by atoms with Gasteiger partial charge in [0.25, 0.3) is 0 Å². The third-order valence-corrected chi connectivity index (χ3v) is 2.26. The summed E-state index contributed by atoms with van der Waals surface area (Å²) in [5.74, 6) is -0.173. The lowest BCUT2D eigenvalue weighted by Crippen LogP contribution is -2.31. The highest BCUT2D eigenvalue weighted by Gasteiger charge is 2.17. The van der Waals surface area contributed by atoms with Gasteiger partial charge in [-0.05, 0) is 25.5 Å². The number of carbonyl (C=O) groups excluding carboxylic acids is 1. The Hall–Kier alpha value is -1.51. The second kappa shape index (κ2) is 6.88. The van der Waals surface area contributed by atoms with E-state index < -0.39 is 0 Å². The molecule has 0 saturated heterocycles. The molecule has 0 aromatic heterocycles. The summed E-state index contributed by atoms with van der Waals surface area (Å²) in [6, 6.07) is 9.48. The highest BCUT2D eigenvalue weighted by atomic mass is 16.5. The SMILES string of the molecule is CCCC(Nc1ccccc1)C(=O)OCC. The molecule has 1 N–H and O–H groups in total. The van der Waals surface area contributed by atoms with Crippen LogP contribution in [0.5, 0.6) is 0 Å². The van der Waals surface area contributed by atoms with Gasteiger partial charge in [0.2, 0.25) is 0 Å². The number of hydrogen-bond acceptors (Lipinski definition) is 3. The van der Waals surface area contributed by atoms with E-state index in [-0.39, 0.29) is 12.0 Å². The zero-order chi connectivity index (χ0) is 11.8. The number of ether oxygens (including phenoxy) is 1. The molecule has 0 aliphatic rings. The normalized spacial score (nSPS) is 11.9. The van der Waals surface area contributed by atoms with Gasteiger partial charge in [-0.3, -0.25) is 0 Å². The maximum Gasteiger partial charge on any atom is 0.328 e. The smallest absolute Gasteiger partial charge is 0.328 e. The first kappa shape index (κ1) is 12.6. The zero-order valence-corrected chi connectivity index (χ0v) is 9.90. The minimum Gasteiger partial charge on any atom is -0.464 e. The molecule has 1 rings (SSSR count). The van der Waals surface area contributed by atoms with Gasteiger partial charge >= 0.3 is 5.97 Å². The fourth-order valence-electron chi connectivity index (χ4n) is 1.52. The van der Waals surface area contributed by atoms with Gasteiger partial charge < -0.3 is 10.1 Å². The number of hydrogen-bond donors (Lipinski definition) is 1. The third kappa shape index (κ3) is 3.93. The maximum absolute atomic E-state index is 11.7. The average molecular weight is 221 g/mol. The van der Waals surface area contributed by atoms with E-state index in [1.54, 1.807) is 0 Å². The Morgan fingerprint density at radius 1 is 1.31 bits per heavy atom. The summed E-state index contributed by atoms with van der Waals surface area (Å²) in [6.45, 7) is 4.30. The van der Waals surface area contributed by atoms with Gasteiger partial charge in [0, 0.05) is 5.69 Å². The lowest BCUT2D eigenvalue weighted by molar-refractivity contribution is -0.144. The molecule has 0 fully saturated rings. The Bertz CT molecular complexity index is 311. The van der Waals surface area contributed by atoms with Crippen molar-refractivity contribution in [1.29, 1.82) is 0 Å². The summed E-state index contributed by atoms with van der Waals surface area (Å²) >= 11 is 0. The second-order valence-corrected chi connectivity index (χ2v) is 3.60. The van der Waals surface area contributed by atoms with E-state index in [2.05, 4.69) is 12.2 Å². The van der Waals surface area contributed by atoms with E-state index in [1.807, 2.05) is 37.3 Å². The molecule has 0 aliphatic heterocycles. The standard InChI is InChI=1S/C13H19NO2/c1-3-8-12(13(15)16-4-2)14-11-9-6-5-7-10-11/h5-7,9-10,12,14H,3-4,8H2,1-2H3. The van der Waals surface area contributed by atoms with Crippen molar-refractivity contribution in [3.05, 3.63) is 30.3 Å². The van der Waals surface area contributed by atoms with Crippen LogP contribution in [-0.4, -0.2) is 18.6 Å². The van der Waals surface area contributed by atoms with Crippen LogP contribution in [-0.2, 0) is 9.53 Å². The van der Waals surface area contributed by atoms with Gasteiger partial charge in [0.05, 0.1) is 6.61 Å². The first-order valence-electron chi connectivity index (χ1n) is 5.76. The van der Waals surface area contributed by atoms with Crippen molar-refractivity contribution >= 4 is 11.7 Å². The molecule has 3 heteroatoms. The van der Waals surface area contributed by atoms with Gasteiger partial charge in [-0.1, -0.05) is 31.5 Å². The minimum atomic E-state index is -0.243. The molecule has 0 spiro atoms. The molecule has 1 atom stereocenters. The van der Waals surface area contributed by atoms with Crippen molar-refractivity contribution in [2.45, 2.75) is 32.7 Å². The van der Waals surface area contributed by atoms with Crippen LogP contribution >= 0.6 is 0 Å². The van der Waals surface area contributed by atoms with Crippen molar-refractivity contribution in [1.82, 2.24) is 0 Å². The Kier molecular flexibility index (Phi) is 5.40. The molecule has 1 aromatic carbocycles. The van der Waals surface area contributed by atoms with E-state index in [0.717, 1.165) is 18.5 Å². The number of benzene rings is 1. The molecular weight excluding hydrogens is 202 g/mol. The van der Waals surface area contributed by atoms with Crippen LogP contribution in [0.1, 0.15) is 26.7 Å². The number of anilines is 1. The largest absolute Gasteiger partial charge is 0.464 e. The second-order valence-electron chi connectivity index (χ2n) is 3.60. The van der Waals surface area contributed by atoms with Gasteiger partial charge in [0.1, 0.15) is 6.04 Å². The van der Waals surface area contributed by atoms with Gasteiger partial charge in [-0.2, -0.15) is 0 Å². The van der Waals surface area contributed by atoms with Crippen LogP contribution in [0.2, 0.25) is 0 Å². The summed E-state index contributed by atoms with van der Waals surface area (Å²) in [5, 5.41) is 3.19. The van der Waals surface area contributed by atoms with E-state index in [9.17, 15) is 4.79 Å². The Morgan fingerprint density at radius 2 is 2.00 bits per heavy atom. The van der Waals surface area contributed by atoms with Crippen LogP contribution in [0.15, 0.2) is 30.3 Å². The predicted octanol–water partition coefficient (Wildman–Crippen LogP) is 2.83. The van der Waals surface area contributed by atoms with E-state index in [4.69, 9.17) is 4.74 Å². The number of esters is 1. The molecule has 0 heterocycles. The first-order valence-corrected chi connectivity index (χ1v) is 5.76. The summed E-state index contributed by atoms with van der Waals surface area (Å²) in [5.41, 5.74) is 0.953. The van der Waals surface area contributed by atoms with Crippen LogP contribution in [0.25, 0.3) is 0 Å². The molecule has 16 heavy (non-hydrogen) atoms. The highest BCUT2D eigenvalue weighted by molar-refractivity contribution is 5.79. The molecule has 0 bridgehead atoms. The molecule has 0 saturated carbocycles. The number of rotatable bonds is 6. The Balaban J connectivity index is 2.60. The lowest BCUT2D eigenvalue weighted by atomic mass is 10.1. The zero-order valence-electron chi connectivity index (χ0n) is 9.90. The molecule has 1 aromatic rings. The van der Waals surface area contributed by atoms with Gasteiger partial charge in [-0.25, -0.2) is 4.79 Å². The minimum absolute atomic E-state index is 0.173. The fraction of sp³-hybridized carbons (Fsp3) is 0.462. The maximum atomic E-state index is 11.7. The van der Waals surface area contributed by atoms with Crippen molar-refractivity contribution in [3.8, 4) is 0 Å². The molecular formula is C13H19NO2. The monoisotopic (exact) mass is 221 g/mol. The molecule has 0 aliphatic carbocycles. The lowest BCUT2D eigenvalue weighted by Gasteiger charge is -2.17. The molecule has 1 unspecified atom stereocenters. The number of para-hydroxylation sites is 1. The summed E-state index contributed by atoms with van der Waals surface area (Å²) in [7, 11) is 0. The van der Waals surface area contributed by atoms with Gasteiger partial charge in [0.15, 0.2) is 0 Å². The number of carbonyl (C=O) groups is 1. The summed E-state index contributed by atoms with van der Waals surface area (Å²) < 4.78 is 5.03. The quantitative estimate of drug-likeness (QED) is 0.751. The van der Waals surface area contributed by atoms with Crippen molar-refractivity contribution in [3.63, 3.8) is 0 Å². The predicted molar refractivity (Wildman–Crippen MR) is 65.4 cm³/mol. The Morgan fingerprint density at radius 3 is 2.56 bits per heavy atom. The molecule has 88 valence electrons. The van der Waals surface area contributed by atoms with Crippen molar-refractivity contribution < 1.29 is 9.53 Å². The third-order valence-electron chi connectivity index (χ3n) is 2.26. The van der Waals surface area contributed by atoms with Crippen LogP contribution in [0.3, 0.4) is 0 Å². The van der Waals surface area contributed by atoms with Crippen LogP contribution in [0.4, 0.5) is 5.69 Å². The van der Waals surface area contributed by atoms with E-state index in [0.29, 0.717) is 6.61 Å². The average Bonchev–Trinajstić information content (AvgIpc) is 2.30. The Labute approximate surface area is 96.8 Å². The van der Waals surface area contributed by atoms with Crippen molar-refractivity contribution in [2.75, 3.05) is 11.9 Å². The highest BCUT2D eigenvalue weighted by Crippen LogP contribution is 2.11. The number of nitrogens with one attached hydrogen (secondary N) is 1. The topological polar surface area (TPSA) is 38.3 Å². The van der Waals surface area contributed by atoms with E-state index >= 15 is 0 Å². The van der Waals surface area contributed by atoms with Crippen LogP contribution in [0, 0.1) is 0 Å². The molecule has 0 amide bonds. The van der Waals surface area contributed by atoms with Gasteiger partial charge in [-0.15, -0.1) is 0 Å². The summed E-state index contributed by atoms with van der Waals surface area (Å²) in [4.78, 5) is 11.7. The fourth-order valence-corrected chi connectivity index (χ4v) is 1.52. The first-order chi connectivity index (χ1) is 7.77. The van der Waals surface area contributed by atoms with E-state index in [1.165, 1.54) is 0 Å².